The van der Waals surface area contributed by atoms with Gasteiger partial charge in [-0.05, 0) is 42.8 Å². The minimum absolute atomic E-state index is 0.774. The van der Waals surface area contributed by atoms with Gasteiger partial charge in [-0.2, -0.15) is 0 Å². The van der Waals surface area contributed by atoms with Crippen molar-refractivity contribution < 1.29 is 0 Å². The molecule has 0 aliphatic carbocycles. The standard InChI is InChI=1S/C22H27N5/c1-16-5-4-8-27(13-16)14-17(2)25-22-10-20-9-18(6-7-19(20)11-24-22)21-12-23-15-26(21)3/h6-7,9-12,15-16H,2,4-5,8,13-14H2,1,3H3,(H,24,25)/t16-/m1/s1. The average molecular weight is 361 g/mol. The normalized spacial score (nSPS) is 17.9. The number of aromatic nitrogens is 3. The first-order valence-electron chi connectivity index (χ1n) is 9.62. The molecule has 1 aliphatic rings. The van der Waals surface area contributed by atoms with E-state index < -0.39 is 0 Å². The summed E-state index contributed by atoms with van der Waals surface area (Å²) in [7, 11) is 2.01. The smallest absolute Gasteiger partial charge is 0.130 e. The molecular weight excluding hydrogens is 334 g/mol. The van der Waals surface area contributed by atoms with E-state index in [0.717, 1.165) is 59.1 Å². The molecule has 4 rings (SSSR count). The Kier molecular flexibility index (Phi) is 4.94. The molecule has 0 spiro atoms. The molecule has 1 atom stereocenters. The summed E-state index contributed by atoms with van der Waals surface area (Å²) in [6.45, 7) is 9.72. The predicted octanol–water partition coefficient (Wildman–Crippen LogP) is 4.29. The molecule has 1 fully saturated rings. The lowest BCUT2D eigenvalue weighted by atomic mass is 10.0. The second-order valence-electron chi connectivity index (χ2n) is 7.73. The molecule has 3 aromatic rings. The molecule has 5 heteroatoms. The van der Waals surface area contributed by atoms with Gasteiger partial charge in [-0.3, -0.25) is 4.90 Å². The number of pyridine rings is 1. The van der Waals surface area contributed by atoms with Crippen molar-refractivity contribution in [3.05, 3.63) is 55.3 Å². The summed E-state index contributed by atoms with van der Waals surface area (Å²) in [6, 6.07) is 8.51. The molecule has 1 N–H and O–H groups in total. The van der Waals surface area contributed by atoms with Gasteiger partial charge < -0.3 is 9.88 Å². The molecule has 27 heavy (non-hydrogen) atoms. The minimum Gasteiger partial charge on any atom is -0.343 e. The van der Waals surface area contributed by atoms with Crippen LogP contribution in [0.25, 0.3) is 22.0 Å². The van der Waals surface area contributed by atoms with E-state index in [4.69, 9.17) is 0 Å². The van der Waals surface area contributed by atoms with Gasteiger partial charge in [-0.25, -0.2) is 9.97 Å². The largest absolute Gasteiger partial charge is 0.343 e. The first-order valence-corrected chi connectivity index (χ1v) is 9.62. The summed E-state index contributed by atoms with van der Waals surface area (Å²) >= 11 is 0. The molecule has 0 radical (unpaired) electrons. The van der Waals surface area contributed by atoms with Crippen molar-refractivity contribution in [3.63, 3.8) is 0 Å². The fourth-order valence-electron chi connectivity index (χ4n) is 3.92. The summed E-state index contributed by atoms with van der Waals surface area (Å²) in [5, 5.41) is 5.68. The van der Waals surface area contributed by atoms with E-state index in [9.17, 15) is 0 Å². The minimum atomic E-state index is 0.774. The zero-order valence-corrected chi connectivity index (χ0v) is 16.2. The SMILES string of the molecule is C=C(CN1CCC[C@@H](C)C1)Nc1cc2cc(-c3cncn3C)ccc2cn1. The van der Waals surface area contributed by atoms with E-state index in [1.807, 2.05) is 30.3 Å². The lowest BCUT2D eigenvalue weighted by Crippen LogP contribution is -2.36. The number of piperidine rings is 1. The molecule has 2 aromatic heterocycles. The van der Waals surface area contributed by atoms with E-state index in [-0.39, 0.29) is 0 Å². The Balaban J connectivity index is 1.50. The topological polar surface area (TPSA) is 46.0 Å². The van der Waals surface area contributed by atoms with Crippen molar-refractivity contribution in [2.75, 3.05) is 25.0 Å². The Morgan fingerprint density at radius 3 is 2.93 bits per heavy atom. The van der Waals surface area contributed by atoms with E-state index >= 15 is 0 Å². The highest BCUT2D eigenvalue weighted by atomic mass is 15.2. The molecule has 0 saturated carbocycles. The third-order valence-electron chi connectivity index (χ3n) is 5.29. The lowest BCUT2D eigenvalue weighted by molar-refractivity contribution is 0.198. The second kappa shape index (κ2) is 7.53. The van der Waals surface area contributed by atoms with Gasteiger partial charge in [-0.1, -0.05) is 25.6 Å². The van der Waals surface area contributed by atoms with Crippen LogP contribution in [0, 0.1) is 5.92 Å². The third-order valence-corrected chi connectivity index (χ3v) is 5.29. The van der Waals surface area contributed by atoms with Gasteiger partial charge in [0.2, 0.25) is 0 Å². The highest BCUT2D eigenvalue weighted by Gasteiger charge is 2.16. The highest BCUT2D eigenvalue weighted by Crippen LogP contribution is 2.25. The molecule has 1 aromatic carbocycles. The van der Waals surface area contributed by atoms with Gasteiger partial charge in [0.25, 0.3) is 0 Å². The Bertz CT molecular complexity index is 958. The van der Waals surface area contributed by atoms with Crippen LogP contribution in [-0.2, 0) is 7.05 Å². The maximum Gasteiger partial charge on any atom is 0.130 e. The quantitative estimate of drug-likeness (QED) is 0.736. The van der Waals surface area contributed by atoms with Gasteiger partial charge in [0, 0.05) is 43.0 Å². The van der Waals surface area contributed by atoms with E-state index in [1.165, 1.54) is 12.8 Å². The summed E-state index contributed by atoms with van der Waals surface area (Å²) in [5.74, 6) is 1.62. The van der Waals surface area contributed by atoms with E-state index in [0.29, 0.717) is 0 Å². The Hall–Kier alpha value is -2.66. The first kappa shape index (κ1) is 17.7. The molecular formula is C22H27N5. The van der Waals surface area contributed by atoms with Crippen LogP contribution in [0.5, 0.6) is 0 Å². The summed E-state index contributed by atoms with van der Waals surface area (Å²) in [4.78, 5) is 11.3. The van der Waals surface area contributed by atoms with Crippen LogP contribution in [0.4, 0.5) is 5.82 Å². The van der Waals surface area contributed by atoms with Crippen LogP contribution in [-0.4, -0.2) is 39.1 Å². The molecule has 5 nitrogen and oxygen atoms in total. The molecule has 0 bridgehead atoms. The van der Waals surface area contributed by atoms with Gasteiger partial charge in [0.05, 0.1) is 18.2 Å². The zero-order chi connectivity index (χ0) is 18.8. The Labute approximate surface area is 160 Å². The van der Waals surface area contributed by atoms with Crippen molar-refractivity contribution >= 4 is 16.6 Å². The number of nitrogens with zero attached hydrogens (tertiary/aromatic N) is 4. The second-order valence-corrected chi connectivity index (χ2v) is 7.73. The number of hydrogen-bond acceptors (Lipinski definition) is 4. The van der Waals surface area contributed by atoms with Crippen LogP contribution < -0.4 is 5.32 Å². The maximum atomic E-state index is 4.56. The average Bonchev–Trinajstić information content (AvgIpc) is 3.07. The number of benzene rings is 1. The van der Waals surface area contributed by atoms with Gasteiger partial charge in [0.15, 0.2) is 0 Å². The van der Waals surface area contributed by atoms with Crippen LogP contribution in [0.1, 0.15) is 19.8 Å². The van der Waals surface area contributed by atoms with Gasteiger partial charge in [0.1, 0.15) is 5.82 Å². The summed E-state index contributed by atoms with van der Waals surface area (Å²) in [6.07, 6.45) is 8.25. The first-order chi connectivity index (χ1) is 13.1. The lowest BCUT2D eigenvalue weighted by Gasteiger charge is -2.31. The fraction of sp³-hybridized carbons (Fsp3) is 0.364. The van der Waals surface area contributed by atoms with Crippen LogP contribution >= 0.6 is 0 Å². The number of likely N-dealkylation sites (tertiary alicyclic amines) is 1. The number of hydrogen-bond donors (Lipinski definition) is 1. The van der Waals surface area contributed by atoms with Crippen LogP contribution in [0.3, 0.4) is 0 Å². The summed E-state index contributed by atoms with van der Waals surface area (Å²) < 4.78 is 2.03. The zero-order valence-electron chi connectivity index (χ0n) is 16.2. The molecule has 3 heterocycles. The third kappa shape index (κ3) is 4.03. The van der Waals surface area contributed by atoms with Crippen molar-refractivity contribution in [2.24, 2.45) is 13.0 Å². The summed E-state index contributed by atoms with van der Waals surface area (Å²) in [5.41, 5.74) is 3.26. The number of rotatable bonds is 5. The van der Waals surface area contributed by atoms with Crippen LogP contribution in [0.15, 0.2) is 55.3 Å². The van der Waals surface area contributed by atoms with E-state index in [1.54, 1.807) is 0 Å². The molecule has 0 amide bonds. The maximum absolute atomic E-state index is 4.56. The van der Waals surface area contributed by atoms with Crippen molar-refractivity contribution in [3.8, 4) is 11.3 Å². The van der Waals surface area contributed by atoms with Crippen molar-refractivity contribution in [1.29, 1.82) is 0 Å². The van der Waals surface area contributed by atoms with E-state index in [2.05, 4.69) is 58.0 Å². The molecule has 0 unspecified atom stereocenters. The molecule has 140 valence electrons. The predicted molar refractivity (Wildman–Crippen MR) is 112 cm³/mol. The van der Waals surface area contributed by atoms with Crippen molar-refractivity contribution in [1.82, 2.24) is 19.4 Å². The number of nitrogens with one attached hydrogen (secondary N) is 1. The van der Waals surface area contributed by atoms with Crippen LogP contribution in [0.2, 0.25) is 0 Å². The highest BCUT2D eigenvalue weighted by molar-refractivity contribution is 5.88. The van der Waals surface area contributed by atoms with Gasteiger partial charge >= 0.3 is 0 Å². The Morgan fingerprint density at radius 2 is 2.15 bits per heavy atom. The number of anilines is 1. The Morgan fingerprint density at radius 1 is 1.26 bits per heavy atom. The number of aryl methyl sites for hydroxylation is 1. The number of fused-ring (bicyclic) bond motifs is 1. The van der Waals surface area contributed by atoms with Crippen molar-refractivity contribution in [2.45, 2.75) is 19.8 Å². The monoisotopic (exact) mass is 361 g/mol. The molecule has 1 saturated heterocycles. The fourth-order valence-corrected chi connectivity index (χ4v) is 3.92. The molecule has 1 aliphatic heterocycles. The number of imidazole rings is 1. The van der Waals surface area contributed by atoms with Gasteiger partial charge in [-0.15, -0.1) is 0 Å².